The second-order valence-corrected chi connectivity index (χ2v) is 7.07. The molecule has 0 aliphatic rings. The van der Waals surface area contributed by atoms with Crippen molar-refractivity contribution in [2.24, 2.45) is 0 Å². The van der Waals surface area contributed by atoms with Crippen molar-refractivity contribution in [3.63, 3.8) is 0 Å². The maximum atomic E-state index is 13.7. The number of halogens is 2. The Hall–Kier alpha value is -1.39. The summed E-state index contributed by atoms with van der Waals surface area (Å²) in [5.41, 5.74) is 0. The van der Waals surface area contributed by atoms with E-state index >= 15 is 0 Å². The minimum atomic E-state index is -3.26. The molecule has 0 aliphatic carbocycles. The van der Waals surface area contributed by atoms with Crippen molar-refractivity contribution in [2.75, 3.05) is 25.7 Å². The number of hydrogen-bond acceptors (Lipinski definition) is 6. The molecule has 6 nitrogen and oxygen atoms in total. The third-order valence-corrected chi connectivity index (χ3v) is 3.98. The van der Waals surface area contributed by atoms with Crippen LogP contribution in [0.3, 0.4) is 0 Å². The van der Waals surface area contributed by atoms with Crippen LogP contribution in [0.2, 0.25) is 0 Å². The molecule has 0 saturated heterocycles. The summed E-state index contributed by atoms with van der Waals surface area (Å²) < 4.78 is 59.5. The van der Waals surface area contributed by atoms with Crippen LogP contribution in [0, 0.1) is 5.82 Å². The van der Waals surface area contributed by atoms with Gasteiger partial charge in [0.15, 0.2) is 11.6 Å². The van der Waals surface area contributed by atoms with Crippen molar-refractivity contribution in [1.82, 2.24) is 4.72 Å². The average molecular weight is 355 g/mol. The second kappa shape index (κ2) is 8.30. The fourth-order valence-corrected chi connectivity index (χ4v) is 2.71. The Morgan fingerprint density at radius 1 is 1.45 bits per heavy atom. The van der Waals surface area contributed by atoms with E-state index in [1.165, 1.54) is 23.9 Å². The lowest BCUT2D eigenvalue weighted by Crippen LogP contribution is -2.24. The van der Waals surface area contributed by atoms with Gasteiger partial charge in [0.05, 0.1) is 13.4 Å². The first-order valence-electron chi connectivity index (χ1n) is 5.98. The number of ether oxygens (including phenoxy) is 2. The van der Waals surface area contributed by atoms with Crippen molar-refractivity contribution < 1.29 is 31.5 Å². The van der Waals surface area contributed by atoms with E-state index in [0.717, 1.165) is 19.4 Å². The minimum absolute atomic E-state index is 0.193. The molecule has 0 amide bonds. The molecule has 1 aromatic carbocycles. The summed E-state index contributed by atoms with van der Waals surface area (Å²) in [6.07, 6.45) is -1.37. The zero-order valence-electron chi connectivity index (χ0n) is 11.8. The van der Waals surface area contributed by atoms with Crippen LogP contribution in [0.15, 0.2) is 23.1 Å². The van der Waals surface area contributed by atoms with Gasteiger partial charge in [0, 0.05) is 17.2 Å². The van der Waals surface area contributed by atoms with E-state index in [2.05, 4.69) is 14.2 Å². The monoisotopic (exact) mass is 355 g/mol. The number of methoxy groups -OCH3 is 1. The second-order valence-electron chi connectivity index (χ2n) is 4.06. The van der Waals surface area contributed by atoms with Gasteiger partial charge in [0.25, 0.3) is 0 Å². The number of nitrogens with one attached hydrogen (secondary N) is 1. The van der Waals surface area contributed by atoms with Crippen molar-refractivity contribution in [1.29, 1.82) is 0 Å². The Balaban J connectivity index is 2.56. The number of esters is 1. The van der Waals surface area contributed by atoms with Crippen LogP contribution in [-0.2, 0) is 19.6 Å². The lowest BCUT2D eigenvalue weighted by atomic mass is 10.3. The van der Waals surface area contributed by atoms with Crippen LogP contribution >= 0.6 is 11.8 Å². The zero-order chi connectivity index (χ0) is 16.8. The molecule has 0 fully saturated rings. The summed E-state index contributed by atoms with van der Waals surface area (Å²) in [4.78, 5) is 11.4. The summed E-state index contributed by atoms with van der Waals surface area (Å²) in [5.74, 6) is -2.13. The third kappa shape index (κ3) is 6.58. The average Bonchev–Trinajstić information content (AvgIpc) is 2.44. The summed E-state index contributed by atoms with van der Waals surface area (Å²) in [5, 5.41) is 0. The fraction of sp³-hybridized carbons (Fsp3) is 0.417. The molecular weight excluding hydrogens is 340 g/mol. The number of alkyl halides is 1. The molecule has 0 bridgehead atoms. The van der Waals surface area contributed by atoms with Crippen molar-refractivity contribution in [3.8, 4) is 5.75 Å². The molecule has 1 aromatic rings. The van der Waals surface area contributed by atoms with E-state index in [-0.39, 0.29) is 6.54 Å². The molecule has 0 aliphatic heterocycles. The van der Waals surface area contributed by atoms with Gasteiger partial charge >= 0.3 is 12.3 Å². The topological polar surface area (TPSA) is 81.7 Å². The first kappa shape index (κ1) is 18.7. The first-order valence-corrected chi connectivity index (χ1v) is 8.86. The highest BCUT2D eigenvalue weighted by molar-refractivity contribution is 7.99. The Bertz CT molecular complexity index is 624. The van der Waals surface area contributed by atoms with Gasteiger partial charge in [0.2, 0.25) is 10.0 Å². The highest BCUT2D eigenvalue weighted by Gasteiger charge is 2.21. The van der Waals surface area contributed by atoms with E-state index in [1.54, 1.807) is 0 Å². The molecule has 1 atom stereocenters. The van der Waals surface area contributed by atoms with Crippen LogP contribution in [0.5, 0.6) is 5.75 Å². The molecule has 124 valence electrons. The number of carbonyl (C=O) groups excluding carboxylic acids is 1. The molecule has 0 radical (unpaired) electrons. The van der Waals surface area contributed by atoms with Gasteiger partial charge in [-0.1, -0.05) is 0 Å². The number of benzene rings is 1. The Labute approximate surface area is 131 Å². The number of hydrogen-bond donors (Lipinski definition) is 1. The number of sulfonamides is 1. The SMILES string of the molecule is COC(=O)C(F)Oc1ccc(SCCNS(C)(=O)=O)cc1F. The van der Waals surface area contributed by atoms with Crippen molar-refractivity contribution in [3.05, 3.63) is 24.0 Å². The molecule has 0 aromatic heterocycles. The van der Waals surface area contributed by atoms with Gasteiger partial charge in [-0.3, -0.25) is 0 Å². The maximum absolute atomic E-state index is 13.7. The van der Waals surface area contributed by atoms with E-state index in [0.29, 0.717) is 10.6 Å². The predicted octanol–water partition coefficient (Wildman–Crippen LogP) is 1.31. The molecule has 1 rings (SSSR count). The molecule has 0 saturated carbocycles. The van der Waals surface area contributed by atoms with Gasteiger partial charge in [-0.15, -0.1) is 11.8 Å². The summed E-state index contributed by atoms with van der Waals surface area (Å²) in [7, 11) is -2.28. The lowest BCUT2D eigenvalue weighted by molar-refractivity contribution is -0.157. The van der Waals surface area contributed by atoms with Crippen LogP contribution in [0.4, 0.5) is 8.78 Å². The fourth-order valence-electron chi connectivity index (χ4n) is 1.32. The summed E-state index contributed by atoms with van der Waals surface area (Å²) in [6.45, 7) is 0.193. The van der Waals surface area contributed by atoms with E-state index in [9.17, 15) is 22.0 Å². The number of thioether (sulfide) groups is 1. The number of rotatable bonds is 8. The van der Waals surface area contributed by atoms with Gasteiger partial charge in [-0.05, 0) is 18.2 Å². The lowest BCUT2D eigenvalue weighted by Gasteiger charge is -2.11. The normalized spacial score (nSPS) is 12.7. The maximum Gasteiger partial charge on any atom is 0.380 e. The molecule has 0 heterocycles. The van der Waals surface area contributed by atoms with E-state index in [1.807, 2.05) is 0 Å². The zero-order valence-corrected chi connectivity index (χ0v) is 13.5. The van der Waals surface area contributed by atoms with Crippen molar-refractivity contribution >= 4 is 27.8 Å². The smallest absolute Gasteiger partial charge is 0.380 e. The summed E-state index contributed by atoms with van der Waals surface area (Å²) >= 11 is 1.21. The third-order valence-electron chi connectivity index (χ3n) is 2.26. The minimum Gasteiger partial charge on any atom is -0.464 e. The quantitative estimate of drug-likeness (QED) is 0.430. The molecular formula is C12H15F2NO5S2. The Morgan fingerprint density at radius 2 is 2.14 bits per heavy atom. The molecule has 1 unspecified atom stereocenters. The predicted molar refractivity (Wildman–Crippen MR) is 77.5 cm³/mol. The van der Waals surface area contributed by atoms with Crippen LogP contribution in [0.25, 0.3) is 0 Å². The van der Waals surface area contributed by atoms with Crippen LogP contribution in [0.1, 0.15) is 0 Å². The van der Waals surface area contributed by atoms with Gasteiger partial charge in [-0.2, -0.15) is 4.39 Å². The van der Waals surface area contributed by atoms with Gasteiger partial charge < -0.3 is 9.47 Å². The largest absolute Gasteiger partial charge is 0.464 e. The molecule has 22 heavy (non-hydrogen) atoms. The molecule has 10 heteroatoms. The number of carbonyl (C=O) groups is 1. The molecule has 1 N–H and O–H groups in total. The van der Waals surface area contributed by atoms with Crippen LogP contribution in [-0.4, -0.2) is 46.4 Å². The van der Waals surface area contributed by atoms with Crippen molar-refractivity contribution in [2.45, 2.75) is 11.3 Å². The van der Waals surface area contributed by atoms with Gasteiger partial charge in [-0.25, -0.2) is 22.3 Å². The van der Waals surface area contributed by atoms with E-state index in [4.69, 9.17) is 0 Å². The van der Waals surface area contributed by atoms with Gasteiger partial charge in [0.1, 0.15) is 0 Å². The molecule has 0 spiro atoms. The van der Waals surface area contributed by atoms with E-state index < -0.39 is 33.9 Å². The highest BCUT2D eigenvalue weighted by Crippen LogP contribution is 2.25. The first-order chi connectivity index (χ1) is 10.2. The standard InChI is InChI=1S/C12H15F2NO5S2/c1-19-12(16)11(14)20-10-4-3-8(7-9(10)13)21-6-5-15-22(2,17)18/h3-4,7,11,15H,5-6H2,1-2H3. The van der Waals surface area contributed by atoms with Crippen LogP contribution < -0.4 is 9.46 Å². The highest BCUT2D eigenvalue weighted by atomic mass is 32.2. The Morgan fingerprint density at radius 3 is 2.68 bits per heavy atom. The Kier molecular flexibility index (Phi) is 7.04. The summed E-state index contributed by atoms with van der Waals surface area (Å²) in [6, 6.07) is 3.75.